The molecule has 2 aliphatic heterocycles. The lowest BCUT2D eigenvalue weighted by molar-refractivity contribution is -0.144. The molecule has 2 heterocycles. The highest BCUT2D eigenvalue weighted by Crippen LogP contribution is 2.50. The average molecular weight is 566 g/mol. The zero-order chi connectivity index (χ0) is 29.4. The molecule has 216 valence electrons. The number of nitrogens with one attached hydrogen (secondary N) is 1. The Bertz CT molecular complexity index is 1270. The van der Waals surface area contributed by atoms with E-state index in [4.69, 9.17) is 0 Å². The molecule has 6 nitrogen and oxygen atoms in total. The van der Waals surface area contributed by atoms with Crippen molar-refractivity contribution in [2.24, 2.45) is 11.3 Å². The van der Waals surface area contributed by atoms with Gasteiger partial charge in [-0.15, -0.1) is 0 Å². The molecule has 0 bridgehead atoms. The van der Waals surface area contributed by atoms with Crippen LogP contribution in [0.4, 0.5) is 22.0 Å². The van der Waals surface area contributed by atoms with Crippen LogP contribution in [0, 0.1) is 23.0 Å². The summed E-state index contributed by atoms with van der Waals surface area (Å²) in [4.78, 5) is 42.8. The molecule has 11 heteroatoms. The second-order valence-corrected chi connectivity index (χ2v) is 11.1. The van der Waals surface area contributed by atoms with Gasteiger partial charge in [0.05, 0.1) is 17.0 Å². The number of nitrogens with zero attached hydrogens (tertiary/aromatic N) is 2. The quantitative estimate of drug-likeness (QED) is 0.520. The van der Waals surface area contributed by atoms with Gasteiger partial charge in [-0.2, -0.15) is 13.2 Å². The smallest absolute Gasteiger partial charge is 0.345 e. The molecule has 1 N–H and O–H groups in total. The number of benzene rings is 2. The molecular weight excluding hydrogens is 533 g/mol. The Morgan fingerprint density at radius 1 is 0.975 bits per heavy atom. The molecule has 1 unspecified atom stereocenters. The maximum atomic E-state index is 14.3. The van der Waals surface area contributed by atoms with Gasteiger partial charge >= 0.3 is 6.18 Å². The van der Waals surface area contributed by atoms with E-state index in [0.29, 0.717) is 62.7 Å². The summed E-state index contributed by atoms with van der Waals surface area (Å²) in [6.07, 6.45) is -3.05. The van der Waals surface area contributed by atoms with Crippen molar-refractivity contribution in [1.29, 1.82) is 0 Å². The predicted octanol–water partition coefficient (Wildman–Crippen LogP) is 4.99. The van der Waals surface area contributed by atoms with Gasteiger partial charge in [-0.3, -0.25) is 14.4 Å². The van der Waals surface area contributed by atoms with Gasteiger partial charge < -0.3 is 15.1 Å². The number of likely N-dealkylation sites (tertiary alicyclic amines) is 2. The van der Waals surface area contributed by atoms with Crippen molar-refractivity contribution >= 4 is 17.7 Å². The van der Waals surface area contributed by atoms with Gasteiger partial charge in [-0.05, 0) is 66.5 Å². The molecule has 2 atom stereocenters. The number of likely N-dealkylation sites (N-methyl/N-ethyl adjacent to an activating group) is 1. The van der Waals surface area contributed by atoms with E-state index in [0.717, 1.165) is 0 Å². The van der Waals surface area contributed by atoms with E-state index < -0.39 is 64.0 Å². The molecule has 2 aliphatic rings. The van der Waals surface area contributed by atoms with Crippen LogP contribution in [0.25, 0.3) is 0 Å². The molecule has 40 heavy (non-hydrogen) atoms. The summed E-state index contributed by atoms with van der Waals surface area (Å²) in [6.45, 7) is 4.50. The van der Waals surface area contributed by atoms with Crippen LogP contribution in [-0.4, -0.2) is 60.2 Å². The SMILES string of the molecule is CC(C)[C@@H](NC(=O)c1cc(C(F)(F)F)ccc1F)C(=O)N1CCC2(CCN(C)C(=O)C2c2ccc(F)cc2)CC1. The fraction of sp³-hybridized carbons (Fsp3) is 0.483. The zero-order valence-corrected chi connectivity index (χ0v) is 22.5. The first kappa shape index (κ1) is 29.5. The number of rotatable bonds is 5. The van der Waals surface area contributed by atoms with Crippen LogP contribution in [0.5, 0.6) is 0 Å². The van der Waals surface area contributed by atoms with Gasteiger partial charge in [0, 0.05) is 26.7 Å². The van der Waals surface area contributed by atoms with Crippen LogP contribution in [0.1, 0.15) is 60.5 Å². The monoisotopic (exact) mass is 565 g/mol. The number of hydrogen-bond acceptors (Lipinski definition) is 3. The van der Waals surface area contributed by atoms with Gasteiger partial charge in [0.15, 0.2) is 0 Å². The van der Waals surface area contributed by atoms with Gasteiger partial charge in [0.25, 0.3) is 5.91 Å². The number of alkyl halides is 3. The van der Waals surface area contributed by atoms with Gasteiger partial charge in [-0.25, -0.2) is 8.78 Å². The molecular formula is C29H32F5N3O3. The molecule has 0 aliphatic carbocycles. The van der Waals surface area contributed by atoms with Crippen LogP contribution < -0.4 is 5.32 Å². The van der Waals surface area contributed by atoms with E-state index in [1.165, 1.54) is 12.1 Å². The van der Waals surface area contributed by atoms with Gasteiger partial charge in [-0.1, -0.05) is 26.0 Å². The Labute approximate surface area is 229 Å². The summed E-state index contributed by atoms with van der Waals surface area (Å²) in [5.74, 6) is -4.05. The Hall–Kier alpha value is -3.50. The fourth-order valence-corrected chi connectivity index (χ4v) is 5.79. The molecule has 4 rings (SSSR count). The fourth-order valence-electron chi connectivity index (χ4n) is 5.79. The lowest BCUT2D eigenvalue weighted by Gasteiger charge is -2.51. The summed E-state index contributed by atoms with van der Waals surface area (Å²) in [7, 11) is 1.73. The van der Waals surface area contributed by atoms with E-state index >= 15 is 0 Å². The van der Waals surface area contributed by atoms with Crippen LogP contribution in [0.15, 0.2) is 42.5 Å². The Kier molecular flexibility index (Phi) is 8.23. The summed E-state index contributed by atoms with van der Waals surface area (Å²) < 4.78 is 67.3. The number of amides is 3. The topological polar surface area (TPSA) is 69.7 Å². The molecule has 2 saturated heterocycles. The minimum absolute atomic E-state index is 0.0620. The normalized spacial score (nSPS) is 20.1. The van der Waals surface area contributed by atoms with Gasteiger partial charge in [0.1, 0.15) is 17.7 Å². The van der Waals surface area contributed by atoms with Crippen molar-refractivity contribution in [1.82, 2.24) is 15.1 Å². The molecule has 0 aromatic heterocycles. The number of halogens is 5. The van der Waals surface area contributed by atoms with Crippen LogP contribution >= 0.6 is 0 Å². The van der Waals surface area contributed by atoms with E-state index in [1.54, 1.807) is 42.8 Å². The maximum absolute atomic E-state index is 14.3. The molecule has 0 radical (unpaired) electrons. The third-order valence-corrected chi connectivity index (χ3v) is 8.21. The molecule has 2 aromatic rings. The summed E-state index contributed by atoms with van der Waals surface area (Å²) in [5, 5.41) is 2.44. The van der Waals surface area contributed by atoms with E-state index in [-0.39, 0.29) is 5.91 Å². The standard InChI is InChI=1S/C29H32F5N3O3/c1-17(2)24(35-25(38)21-16-19(29(32,33)34)6-9-22(21)31)27(40)37-14-11-28(12-15-37)10-13-36(3)26(39)23(28)18-4-7-20(30)8-5-18/h4-9,16-17,23-24H,10-15H2,1-3H3,(H,35,38)/t23?,24-/m1/s1. The minimum atomic E-state index is -4.76. The molecule has 0 saturated carbocycles. The molecule has 2 aromatic carbocycles. The van der Waals surface area contributed by atoms with Crippen LogP contribution in [-0.2, 0) is 15.8 Å². The lowest BCUT2D eigenvalue weighted by atomic mass is 9.62. The predicted molar refractivity (Wildman–Crippen MR) is 137 cm³/mol. The highest BCUT2D eigenvalue weighted by atomic mass is 19.4. The Morgan fingerprint density at radius 2 is 1.57 bits per heavy atom. The van der Waals surface area contributed by atoms with Crippen molar-refractivity contribution < 1.29 is 36.3 Å². The van der Waals surface area contributed by atoms with E-state index in [2.05, 4.69) is 5.32 Å². The third-order valence-electron chi connectivity index (χ3n) is 8.21. The minimum Gasteiger partial charge on any atom is -0.345 e. The Morgan fingerprint density at radius 3 is 2.15 bits per heavy atom. The lowest BCUT2D eigenvalue weighted by Crippen LogP contribution is -2.57. The second kappa shape index (κ2) is 11.2. The van der Waals surface area contributed by atoms with Gasteiger partial charge in [0.2, 0.25) is 11.8 Å². The number of piperidine rings is 2. The Balaban J connectivity index is 1.51. The summed E-state index contributed by atoms with van der Waals surface area (Å²) in [6, 6.07) is 6.36. The second-order valence-electron chi connectivity index (χ2n) is 11.1. The number of hydrogen-bond donors (Lipinski definition) is 1. The first-order valence-corrected chi connectivity index (χ1v) is 13.2. The highest BCUT2D eigenvalue weighted by Gasteiger charge is 2.50. The first-order chi connectivity index (χ1) is 18.7. The molecule has 2 fully saturated rings. The summed E-state index contributed by atoms with van der Waals surface area (Å²) in [5.41, 5.74) is -1.68. The largest absolute Gasteiger partial charge is 0.416 e. The zero-order valence-electron chi connectivity index (χ0n) is 22.5. The van der Waals surface area contributed by atoms with Crippen molar-refractivity contribution in [2.75, 3.05) is 26.7 Å². The molecule has 3 amide bonds. The summed E-state index contributed by atoms with van der Waals surface area (Å²) >= 11 is 0. The first-order valence-electron chi connectivity index (χ1n) is 13.2. The van der Waals surface area contributed by atoms with E-state index in [9.17, 15) is 36.3 Å². The van der Waals surface area contributed by atoms with Crippen LogP contribution in [0.2, 0.25) is 0 Å². The van der Waals surface area contributed by atoms with E-state index in [1.807, 2.05) is 0 Å². The number of carbonyl (C=O) groups is 3. The van der Waals surface area contributed by atoms with Crippen LogP contribution in [0.3, 0.4) is 0 Å². The maximum Gasteiger partial charge on any atom is 0.416 e. The van der Waals surface area contributed by atoms with Crippen molar-refractivity contribution in [3.63, 3.8) is 0 Å². The van der Waals surface area contributed by atoms with Crippen molar-refractivity contribution in [3.05, 3.63) is 70.8 Å². The highest BCUT2D eigenvalue weighted by molar-refractivity contribution is 5.98. The third kappa shape index (κ3) is 5.83. The average Bonchev–Trinajstić information content (AvgIpc) is 2.90. The molecule has 1 spiro atoms. The van der Waals surface area contributed by atoms with Crippen molar-refractivity contribution in [2.45, 2.75) is 51.2 Å². The number of carbonyl (C=O) groups excluding carboxylic acids is 3. The van der Waals surface area contributed by atoms with Crippen molar-refractivity contribution in [3.8, 4) is 0 Å².